The highest BCUT2D eigenvalue weighted by Gasteiger charge is 2.33. The summed E-state index contributed by atoms with van der Waals surface area (Å²) in [5.74, 6) is -0.744. The van der Waals surface area contributed by atoms with Gasteiger partial charge in [-0.15, -0.1) is 13.2 Å². The zero-order valence-electron chi connectivity index (χ0n) is 13.3. The molecule has 25 heavy (non-hydrogen) atoms. The van der Waals surface area contributed by atoms with E-state index >= 15 is 0 Å². The molecular formula is C17H18F3NO3S. The first-order valence-corrected chi connectivity index (χ1v) is 9.15. The van der Waals surface area contributed by atoms with Crippen molar-refractivity contribution < 1.29 is 26.3 Å². The SMILES string of the molecule is O=S(=O)(NCCCCc1ccccc1)c1ccccc1OC(F)(F)F. The van der Waals surface area contributed by atoms with Crippen molar-refractivity contribution in [1.82, 2.24) is 4.72 Å². The van der Waals surface area contributed by atoms with E-state index in [0.717, 1.165) is 30.5 Å². The van der Waals surface area contributed by atoms with E-state index in [1.54, 1.807) is 0 Å². The fraction of sp³-hybridized carbons (Fsp3) is 0.294. The molecule has 0 aliphatic carbocycles. The normalized spacial score (nSPS) is 12.1. The number of hydrogen-bond donors (Lipinski definition) is 1. The number of halogens is 3. The van der Waals surface area contributed by atoms with Gasteiger partial charge >= 0.3 is 6.36 Å². The minimum Gasteiger partial charge on any atom is -0.404 e. The van der Waals surface area contributed by atoms with Crippen molar-refractivity contribution in [3.8, 4) is 5.75 Å². The molecule has 0 atom stereocenters. The third-order valence-electron chi connectivity index (χ3n) is 3.39. The molecule has 136 valence electrons. The lowest BCUT2D eigenvalue weighted by Crippen LogP contribution is -2.26. The molecule has 0 radical (unpaired) electrons. The Hall–Kier alpha value is -2.06. The summed E-state index contributed by atoms with van der Waals surface area (Å²) < 4.78 is 67.7. The summed E-state index contributed by atoms with van der Waals surface area (Å²) in [5, 5.41) is 0. The third-order valence-corrected chi connectivity index (χ3v) is 4.89. The number of unbranched alkanes of at least 4 members (excludes halogenated alkanes) is 1. The molecule has 1 N–H and O–H groups in total. The minimum atomic E-state index is -4.96. The Bertz CT molecular complexity index is 777. The Morgan fingerprint density at radius 3 is 2.24 bits per heavy atom. The van der Waals surface area contributed by atoms with E-state index in [-0.39, 0.29) is 6.54 Å². The molecule has 0 aliphatic rings. The molecule has 0 spiro atoms. The first-order chi connectivity index (χ1) is 11.8. The van der Waals surface area contributed by atoms with Gasteiger partial charge in [-0.25, -0.2) is 13.1 Å². The summed E-state index contributed by atoms with van der Waals surface area (Å²) in [5.41, 5.74) is 1.15. The van der Waals surface area contributed by atoms with Crippen LogP contribution in [-0.4, -0.2) is 21.3 Å². The van der Waals surface area contributed by atoms with Crippen molar-refractivity contribution in [3.63, 3.8) is 0 Å². The predicted molar refractivity (Wildman–Crippen MR) is 87.7 cm³/mol. The van der Waals surface area contributed by atoms with Crippen LogP contribution in [0.2, 0.25) is 0 Å². The second kappa shape index (κ2) is 8.35. The predicted octanol–water partition coefficient (Wildman–Crippen LogP) is 3.89. The Balaban J connectivity index is 1.91. The number of benzene rings is 2. The maximum Gasteiger partial charge on any atom is 0.573 e. The van der Waals surface area contributed by atoms with Crippen molar-refractivity contribution in [2.45, 2.75) is 30.5 Å². The molecule has 0 bridgehead atoms. The second-order valence-electron chi connectivity index (χ2n) is 5.34. The highest BCUT2D eigenvalue weighted by Crippen LogP contribution is 2.29. The van der Waals surface area contributed by atoms with Crippen LogP contribution < -0.4 is 9.46 Å². The Labute approximate surface area is 144 Å². The Morgan fingerprint density at radius 2 is 1.56 bits per heavy atom. The molecule has 4 nitrogen and oxygen atoms in total. The van der Waals surface area contributed by atoms with E-state index in [9.17, 15) is 21.6 Å². The van der Waals surface area contributed by atoms with Crippen LogP contribution in [0.3, 0.4) is 0 Å². The van der Waals surface area contributed by atoms with Crippen LogP contribution in [0.4, 0.5) is 13.2 Å². The van der Waals surface area contributed by atoms with Crippen molar-refractivity contribution in [2.24, 2.45) is 0 Å². The summed E-state index contributed by atoms with van der Waals surface area (Å²) in [6, 6.07) is 14.4. The number of alkyl halides is 3. The highest BCUT2D eigenvalue weighted by molar-refractivity contribution is 7.89. The maximum absolute atomic E-state index is 12.4. The van der Waals surface area contributed by atoms with Gasteiger partial charge in [-0.05, 0) is 37.0 Å². The average Bonchev–Trinajstić information content (AvgIpc) is 2.54. The van der Waals surface area contributed by atoms with Gasteiger partial charge in [-0.1, -0.05) is 42.5 Å². The molecular weight excluding hydrogens is 355 g/mol. The van der Waals surface area contributed by atoms with Gasteiger partial charge in [-0.2, -0.15) is 0 Å². The molecule has 0 aliphatic heterocycles. The lowest BCUT2D eigenvalue weighted by atomic mass is 10.1. The Kier molecular flexibility index (Phi) is 6.44. The minimum absolute atomic E-state index is 0.134. The van der Waals surface area contributed by atoms with Crippen LogP contribution in [-0.2, 0) is 16.4 Å². The van der Waals surface area contributed by atoms with Gasteiger partial charge in [-0.3, -0.25) is 0 Å². The first kappa shape index (κ1) is 19.3. The lowest BCUT2D eigenvalue weighted by molar-refractivity contribution is -0.275. The number of hydrogen-bond acceptors (Lipinski definition) is 3. The van der Waals surface area contributed by atoms with Crippen LogP contribution in [0.1, 0.15) is 18.4 Å². The topological polar surface area (TPSA) is 55.4 Å². The zero-order chi connectivity index (χ0) is 18.3. The van der Waals surface area contributed by atoms with Crippen LogP contribution in [0.15, 0.2) is 59.5 Å². The third kappa shape index (κ3) is 6.39. The van der Waals surface area contributed by atoms with Gasteiger partial charge in [0, 0.05) is 6.54 Å². The second-order valence-corrected chi connectivity index (χ2v) is 7.07. The van der Waals surface area contributed by atoms with Crippen LogP contribution >= 0.6 is 0 Å². The van der Waals surface area contributed by atoms with Gasteiger partial charge in [0.25, 0.3) is 0 Å². The summed E-state index contributed by atoms with van der Waals surface area (Å²) in [6.07, 6.45) is -2.83. The standard InChI is InChI=1S/C17H18F3NO3S/c18-17(19,20)24-15-11-4-5-12-16(15)25(22,23)21-13-7-6-10-14-8-2-1-3-9-14/h1-5,8-9,11-12,21H,6-7,10,13H2. The molecule has 2 rings (SSSR count). The molecule has 0 unspecified atom stereocenters. The van der Waals surface area contributed by atoms with Gasteiger partial charge in [0.2, 0.25) is 10.0 Å². The highest BCUT2D eigenvalue weighted by atomic mass is 32.2. The van der Waals surface area contributed by atoms with Crippen molar-refractivity contribution in [1.29, 1.82) is 0 Å². The zero-order valence-corrected chi connectivity index (χ0v) is 14.1. The smallest absolute Gasteiger partial charge is 0.404 e. The fourth-order valence-electron chi connectivity index (χ4n) is 2.26. The number of ether oxygens (including phenoxy) is 1. The number of sulfonamides is 1. The van der Waals surface area contributed by atoms with Crippen LogP contribution in [0, 0.1) is 0 Å². The molecule has 0 amide bonds. The molecule has 0 saturated carbocycles. The quantitative estimate of drug-likeness (QED) is 0.715. The average molecular weight is 373 g/mol. The van der Waals surface area contributed by atoms with E-state index in [4.69, 9.17) is 0 Å². The molecule has 0 saturated heterocycles. The Morgan fingerprint density at radius 1 is 0.920 bits per heavy atom. The largest absolute Gasteiger partial charge is 0.573 e. The fourth-order valence-corrected chi connectivity index (χ4v) is 3.47. The summed E-state index contributed by atoms with van der Waals surface area (Å²) in [6.45, 7) is 0.134. The number of aryl methyl sites for hydroxylation is 1. The summed E-state index contributed by atoms with van der Waals surface area (Å²) in [4.78, 5) is -0.532. The molecule has 8 heteroatoms. The monoisotopic (exact) mass is 373 g/mol. The maximum atomic E-state index is 12.4. The molecule has 0 heterocycles. The van der Waals surface area contributed by atoms with Crippen molar-refractivity contribution >= 4 is 10.0 Å². The van der Waals surface area contributed by atoms with E-state index in [2.05, 4.69) is 9.46 Å². The van der Waals surface area contributed by atoms with Gasteiger partial charge in [0.05, 0.1) is 0 Å². The van der Waals surface area contributed by atoms with Gasteiger partial charge in [0.1, 0.15) is 10.6 Å². The van der Waals surface area contributed by atoms with E-state index in [0.29, 0.717) is 6.42 Å². The van der Waals surface area contributed by atoms with E-state index < -0.39 is 27.0 Å². The molecule has 0 aromatic heterocycles. The van der Waals surface area contributed by atoms with Crippen molar-refractivity contribution in [2.75, 3.05) is 6.54 Å². The number of nitrogens with one attached hydrogen (secondary N) is 1. The molecule has 0 fully saturated rings. The van der Waals surface area contributed by atoms with Gasteiger partial charge in [0.15, 0.2) is 0 Å². The first-order valence-electron chi connectivity index (χ1n) is 7.66. The summed E-state index contributed by atoms with van der Waals surface area (Å²) in [7, 11) is -4.08. The van der Waals surface area contributed by atoms with Gasteiger partial charge < -0.3 is 4.74 Å². The molecule has 2 aromatic rings. The lowest BCUT2D eigenvalue weighted by Gasteiger charge is -2.13. The van der Waals surface area contributed by atoms with E-state index in [1.807, 2.05) is 30.3 Å². The number of rotatable bonds is 8. The van der Waals surface area contributed by atoms with Crippen LogP contribution in [0.25, 0.3) is 0 Å². The van der Waals surface area contributed by atoms with Crippen LogP contribution in [0.5, 0.6) is 5.75 Å². The molecule has 2 aromatic carbocycles. The van der Waals surface area contributed by atoms with Crippen molar-refractivity contribution in [3.05, 3.63) is 60.2 Å². The van der Waals surface area contributed by atoms with E-state index in [1.165, 1.54) is 12.1 Å². The number of para-hydroxylation sites is 1. The summed E-state index contributed by atoms with van der Waals surface area (Å²) >= 11 is 0.